The summed E-state index contributed by atoms with van der Waals surface area (Å²) in [7, 11) is 0. The lowest BCUT2D eigenvalue weighted by Crippen LogP contribution is -2.53. The Morgan fingerprint density at radius 3 is 2.62 bits per heavy atom. The van der Waals surface area contributed by atoms with Gasteiger partial charge in [0.1, 0.15) is 11.9 Å². The van der Waals surface area contributed by atoms with Gasteiger partial charge in [-0.1, -0.05) is 24.3 Å². The molecule has 1 saturated heterocycles. The molecular weight excluding hydrogens is 442 g/mol. The van der Waals surface area contributed by atoms with Crippen molar-refractivity contribution in [2.75, 3.05) is 0 Å². The minimum absolute atomic E-state index is 0.0133. The van der Waals surface area contributed by atoms with Crippen LogP contribution in [0.2, 0.25) is 0 Å². The Morgan fingerprint density at radius 1 is 1.18 bits per heavy atom. The minimum Gasteiger partial charge on any atom is -0.507 e. The van der Waals surface area contributed by atoms with E-state index in [2.05, 4.69) is 0 Å². The molecule has 2 aromatic rings. The summed E-state index contributed by atoms with van der Waals surface area (Å²) in [6.07, 6.45) is -4.77. The minimum atomic E-state index is -1.35. The lowest BCUT2D eigenvalue weighted by atomic mass is 9.78. The summed E-state index contributed by atoms with van der Waals surface area (Å²) in [5, 5.41) is 22.0. The normalized spacial score (nSPS) is 31.4. The lowest BCUT2D eigenvalue weighted by molar-refractivity contribution is -0.281. The Balaban J connectivity index is 1.58. The van der Waals surface area contributed by atoms with Gasteiger partial charge in [0.15, 0.2) is 29.9 Å². The molecule has 1 fully saturated rings. The monoisotopic (exact) mass is 467 g/mol. The quantitative estimate of drug-likeness (QED) is 0.615. The number of hydrogen-bond acceptors (Lipinski definition) is 9. The maximum atomic E-state index is 13.6. The Morgan fingerprint density at radius 2 is 1.91 bits per heavy atom. The molecule has 0 aromatic heterocycles. The summed E-state index contributed by atoms with van der Waals surface area (Å²) in [5.41, 5.74) is 6.01. The molecule has 0 amide bonds. The van der Waals surface area contributed by atoms with Gasteiger partial charge in [0.2, 0.25) is 0 Å². The van der Waals surface area contributed by atoms with Crippen LogP contribution < -0.4 is 5.73 Å². The first-order valence-corrected chi connectivity index (χ1v) is 11.1. The summed E-state index contributed by atoms with van der Waals surface area (Å²) in [5.74, 6) is -1.67. The van der Waals surface area contributed by atoms with Crippen LogP contribution in [0.3, 0.4) is 0 Å². The Hall–Kier alpha value is -2.95. The highest BCUT2D eigenvalue weighted by Crippen LogP contribution is 2.42. The molecule has 2 heterocycles. The average molecular weight is 467 g/mol. The third kappa shape index (κ3) is 3.57. The van der Waals surface area contributed by atoms with Crippen molar-refractivity contribution >= 4 is 28.1 Å². The van der Waals surface area contributed by atoms with Crippen LogP contribution in [-0.2, 0) is 19.0 Å². The SMILES string of the molecule is CC(=O)[C@@H]1CC2=C(C(=O)c3cc4ccccc4c(O)c3C2=O)[C@@H](O[C@H]2C[C@H](N)[C@H](O)[C@H](C)O2)O1. The fraction of sp³-hybridized carbons (Fsp3) is 0.400. The predicted molar refractivity (Wildman–Crippen MR) is 119 cm³/mol. The van der Waals surface area contributed by atoms with E-state index in [1.807, 2.05) is 0 Å². The molecule has 5 rings (SSSR count). The van der Waals surface area contributed by atoms with Crippen molar-refractivity contribution in [2.24, 2.45) is 5.73 Å². The summed E-state index contributed by atoms with van der Waals surface area (Å²) in [4.78, 5) is 39.4. The molecule has 0 radical (unpaired) electrons. The van der Waals surface area contributed by atoms with E-state index in [1.165, 1.54) is 6.92 Å². The molecule has 0 spiro atoms. The number of carbonyl (C=O) groups excluding carboxylic acids is 3. The topological polar surface area (TPSA) is 145 Å². The molecule has 34 heavy (non-hydrogen) atoms. The van der Waals surface area contributed by atoms with E-state index in [9.17, 15) is 24.6 Å². The number of nitrogens with two attached hydrogens (primary N) is 1. The number of carbonyl (C=O) groups is 3. The number of rotatable bonds is 3. The van der Waals surface area contributed by atoms with Crippen LogP contribution in [-0.4, -0.2) is 64.5 Å². The molecule has 1 aliphatic carbocycles. The molecule has 6 atom stereocenters. The number of ether oxygens (including phenoxy) is 3. The van der Waals surface area contributed by atoms with Gasteiger partial charge in [-0.15, -0.1) is 0 Å². The summed E-state index contributed by atoms with van der Waals surface area (Å²) >= 11 is 0. The molecule has 2 aromatic carbocycles. The Kier molecular flexibility index (Phi) is 5.62. The van der Waals surface area contributed by atoms with Crippen molar-refractivity contribution < 1.29 is 38.8 Å². The Labute approximate surface area is 195 Å². The fourth-order valence-electron chi connectivity index (χ4n) is 4.85. The van der Waals surface area contributed by atoms with E-state index >= 15 is 0 Å². The molecule has 178 valence electrons. The van der Waals surface area contributed by atoms with Crippen molar-refractivity contribution in [1.82, 2.24) is 0 Å². The first-order chi connectivity index (χ1) is 16.2. The number of phenolic OH excluding ortho intramolecular Hbond substituents is 1. The van der Waals surface area contributed by atoms with E-state index in [0.29, 0.717) is 10.8 Å². The lowest BCUT2D eigenvalue weighted by Gasteiger charge is -2.40. The van der Waals surface area contributed by atoms with Crippen molar-refractivity contribution in [3.05, 3.63) is 52.6 Å². The molecule has 4 N–H and O–H groups in total. The number of aliphatic hydroxyl groups excluding tert-OH is 1. The second kappa shape index (κ2) is 8.37. The van der Waals surface area contributed by atoms with Crippen molar-refractivity contribution in [2.45, 2.75) is 63.6 Å². The zero-order chi connectivity index (χ0) is 24.3. The van der Waals surface area contributed by atoms with Crippen molar-refractivity contribution in [3.63, 3.8) is 0 Å². The Bertz CT molecular complexity index is 1240. The standard InChI is InChI=1S/C25H25NO8/c1-10(27)17-8-15-20(25(33-17)34-18-9-16(26)21(28)11(2)32-18)24(31)14-7-12-5-3-4-6-13(12)22(29)19(14)23(15)30/h3-7,11,16-18,21,25,28-29H,8-9,26H2,1-2H3/t11-,16-,17-,18-,21+,25+/m0/s1. The maximum absolute atomic E-state index is 13.6. The molecular formula is C25H25NO8. The van der Waals surface area contributed by atoms with Gasteiger partial charge in [-0.25, -0.2) is 0 Å². The van der Waals surface area contributed by atoms with E-state index in [0.717, 1.165) is 0 Å². The highest BCUT2D eigenvalue weighted by atomic mass is 16.8. The largest absolute Gasteiger partial charge is 0.507 e. The van der Waals surface area contributed by atoms with Gasteiger partial charge in [0.05, 0.1) is 23.3 Å². The number of Topliss-reactive ketones (excluding diaryl/α,β-unsaturated/α-hetero) is 3. The van der Waals surface area contributed by atoms with Crippen LogP contribution in [0.25, 0.3) is 10.8 Å². The van der Waals surface area contributed by atoms with Gasteiger partial charge in [0.25, 0.3) is 0 Å². The fourth-order valence-corrected chi connectivity index (χ4v) is 4.85. The highest BCUT2D eigenvalue weighted by molar-refractivity contribution is 6.30. The number of hydrogen-bond donors (Lipinski definition) is 3. The number of aromatic hydroxyl groups is 1. The van der Waals surface area contributed by atoms with Crippen LogP contribution in [0.4, 0.5) is 0 Å². The van der Waals surface area contributed by atoms with Gasteiger partial charge in [0, 0.05) is 35.4 Å². The number of fused-ring (bicyclic) bond motifs is 2. The molecule has 0 unspecified atom stereocenters. The maximum Gasteiger partial charge on any atom is 0.195 e. The predicted octanol–water partition coefficient (Wildman–Crippen LogP) is 1.76. The van der Waals surface area contributed by atoms with Gasteiger partial charge >= 0.3 is 0 Å². The van der Waals surface area contributed by atoms with Crippen LogP contribution in [0, 0.1) is 0 Å². The van der Waals surface area contributed by atoms with E-state index in [-0.39, 0.29) is 46.6 Å². The molecule has 3 aliphatic rings. The molecule has 9 heteroatoms. The van der Waals surface area contributed by atoms with Gasteiger partial charge in [-0.2, -0.15) is 0 Å². The third-order valence-electron chi connectivity index (χ3n) is 6.73. The number of ketones is 3. The number of benzene rings is 2. The van der Waals surface area contributed by atoms with Crippen LogP contribution in [0.1, 0.15) is 47.4 Å². The summed E-state index contributed by atoms with van der Waals surface area (Å²) in [6.45, 7) is 2.97. The molecule has 0 bridgehead atoms. The van der Waals surface area contributed by atoms with E-state index in [4.69, 9.17) is 19.9 Å². The first kappa shape index (κ1) is 22.8. The van der Waals surface area contributed by atoms with Gasteiger partial charge in [-0.05, 0) is 25.3 Å². The van der Waals surface area contributed by atoms with Crippen LogP contribution >= 0.6 is 0 Å². The van der Waals surface area contributed by atoms with Crippen LogP contribution in [0.15, 0.2) is 41.5 Å². The van der Waals surface area contributed by atoms with Crippen molar-refractivity contribution in [3.8, 4) is 5.75 Å². The number of aliphatic hydroxyl groups is 1. The summed E-state index contributed by atoms with van der Waals surface area (Å²) in [6, 6.07) is 7.83. The third-order valence-corrected chi connectivity index (χ3v) is 6.73. The second-order valence-electron chi connectivity index (χ2n) is 8.99. The zero-order valence-electron chi connectivity index (χ0n) is 18.7. The zero-order valence-corrected chi connectivity index (χ0v) is 18.7. The van der Waals surface area contributed by atoms with E-state index < -0.39 is 48.5 Å². The second-order valence-corrected chi connectivity index (χ2v) is 8.99. The van der Waals surface area contributed by atoms with Crippen LogP contribution in [0.5, 0.6) is 5.75 Å². The smallest absolute Gasteiger partial charge is 0.195 e. The summed E-state index contributed by atoms with van der Waals surface area (Å²) < 4.78 is 17.4. The molecule has 2 aliphatic heterocycles. The molecule has 9 nitrogen and oxygen atoms in total. The van der Waals surface area contributed by atoms with Crippen molar-refractivity contribution in [1.29, 1.82) is 0 Å². The number of phenols is 1. The van der Waals surface area contributed by atoms with Gasteiger partial charge < -0.3 is 30.2 Å². The van der Waals surface area contributed by atoms with E-state index in [1.54, 1.807) is 37.3 Å². The highest BCUT2D eigenvalue weighted by Gasteiger charge is 2.46. The molecule has 0 saturated carbocycles. The average Bonchev–Trinajstić information content (AvgIpc) is 2.80. The first-order valence-electron chi connectivity index (χ1n) is 11.1. The van der Waals surface area contributed by atoms with Gasteiger partial charge in [-0.3, -0.25) is 14.4 Å².